The molecule has 3 rings (SSSR count). The van der Waals surface area contributed by atoms with Gasteiger partial charge in [-0.2, -0.15) is 5.10 Å². The fourth-order valence-corrected chi connectivity index (χ4v) is 3.99. The molecule has 2 atom stereocenters. The van der Waals surface area contributed by atoms with Crippen molar-refractivity contribution in [3.8, 4) is 11.5 Å². The molecule has 0 aliphatic heterocycles. The van der Waals surface area contributed by atoms with Crippen LogP contribution in [0.3, 0.4) is 0 Å². The highest BCUT2D eigenvalue weighted by Gasteiger charge is 2.43. The molecule has 1 saturated carbocycles. The summed E-state index contributed by atoms with van der Waals surface area (Å²) in [6.45, 7) is 4.91. The molecule has 32 heavy (non-hydrogen) atoms. The lowest BCUT2D eigenvalue weighted by molar-refractivity contribution is -0.122. The van der Waals surface area contributed by atoms with Crippen molar-refractivity contribution in [1.29, 1.82) is 0 Å². The van der Waals surface area contributed by atoms with Crippen molar-refractivity contribution in [3.05, 3.63) is 59.7 Å². The summed E-state index contributed by atoms with van der Waals surface area (Å²) >= 11 is 0. The number of ether oxygens (including phenoxy) is 1. The predicted octanol–water partition coefficient (Wildman–Crippen LogP) is 6.17. The molecule has 172 valence electrons. The van der Waals surface area contributed by atoms with Gasteiger partial charge in [0.25, 0.3) is 0 Å². The van der Waals surface area contributed by atoms with E-state index in [1.807, 2.05) is 30.3 Å². The Balaban J connectivity index is 1.56. The number of amides is 1. The summed E-state index contributed by atoms with van der Waals surface area (Å²) in [5.41, 5.74) is 5.25. The Hall–Kier alpha value is -2.82. The molecule has 0 aromatic heterocycles. The SMILES string of the molecule is CCCCCCCOc1ccc(/C(CCC)=N\NC(=O)[C@H]2C[C@H]2c2ccccc2)c(O)c1. The minimum Gasteiger partial charge on any atom is -0.507 e. The maximum Gasteiger partial charge on any atom is 0.243 e. The fourth-order valence-electron chi connectivity index (χ4n) is 3.99. The van der Waals surface area contributed by atoms with E-state index in [4.69, 9.17) is 4.74 Å². The highest BCUT2D eigenvalue weighted by Crippen LogP contribution is 2.47. The van der Waals surface area contributed by atoms with Crippen LogP contribution in [0.4, 0.5) is 0 Å². The predicted molar refractivity (Wildman–Crippen MR) is 129 cm³/mol. The molecule has 0 saturated heterocycles. The van der Waals surface area contributed by atoms with Crippen LogP contribution in [0.25, 0.3) is 0 Å². The number of phenolic OH excluding ortho intramolecular Hbond substituents is 1. The van der Waals surface area contributed by atoms with Crippen LogP contribution in [0.2, 0.25) is 0 Å². The zero-order chi connectivity index (χ0) is 22.8. The maximum absolute atomic E-state index is 12.6. The average Bonchev–Trinajstić information content (AvgIpc) is 3.61. The average molecular weight is 437 g/mol. The number of carbonyl (C=O) groups excluding carboxylic acids is 1. The van der Waals surface area contributed by atoms with Crippen LogP contribution < -0.4 is 10.2 Å². The molecule has 0 radical (unpaired) electrons. The molecule has 5 nitrogen and oxygen atoms in total. The van der Waals surface area contributed by atoms with E-state index in [1.165, 1.54) is 24.8 Å². The monoisotopic (exact) mass is 436 g/mol. The van der Waals surface area contributed by atoms with Gasteiger partial charge in [-0.15, -0.1) is 0 Å². The first-order chi connectivity index (χ1) is 15.6. The summed E-state index contributed by atoms with van der Waals surface area (Å²) in [5.74, 6) is 0.961. The van der Waals surface area contributed by atoms with Crippen molar-refractivity contribution in [2.24, 2.45) is 11.0 Å². The minimum absolute atomic E-state index is 0.0364. The van der Waals surface area contributed by atoms with Gasteiger partial charge in [0, 0.05) is 17.5 Å². The lowest BCUT2D eigenvalue weighted by atomic mass is 10.0. The molecule has 5 heteroatoms. The second-order valence-corrected chi connectivity index (χ2v) is 8.59. The third-order valence-electron chi connectivity index (χ3n) is 5.94. The Bertz CT molecular complexity index is 895. The van der Waals surface area contributed by atoms with Crippen molar-refractivity contribution in [2.45, 2.75) is 71.1 Å². The van der Waals surface area contributed by atoms with Crippen LogP contribution in [0.1, 0.15) is 82.3 Å². The van der Waals surface area contributed by atoms with Crippen molar-refractivity contribution in [3.63, 3.8) is 0 Å². The normalized spacial score (nSPS) is 17.8. The van der Waals surface area contributed by atoms with E-state index in [-0.39, 0.29) is 23.5 Å². The van der Waals surface area contributed by atoms with E-state index in [0.717, 1.165) is 25.7 Å². The third-order valence-corrected chi connectivity index (χ3v) is 5.94. The molecule has 1 aliphatic rings. The number of aromatic hydroxyl groups is 1. The Labute approximate surface area is 191 Å². The van der Waals surface area contributed by atoms with Gasteiger partial charge in [0.1, 0.15) is 11.5 Å². The van der Waals surface area contributed by atoms with Crippen LogP contribution in [-0.4, -0.2) is 23.3 Å². The van der Waals surface area contributed by atoms with E-state index >= 15 is 0 Å². The van der Waals surface area contributed by atoms with Crippen molar-refractivity contribution >= 4 is 11.6 Å². The molecular weight excluding hydrogens is 400 g/mol. The zero-order valence-corrected chi connectivity index (χ0v) is 19.3. The number of carbonyl (C=O) groups is 1. The summed E-state index contributed by atoms with van der Waals surface area (Å²) < 4.78 is 5.78. The van der Waals surface area contributed by atoms with E-state index in [2.05, 4.69) is 36.5 Å². The highest BCUT2D eigenvalue weighted by molar-refractivity contribution is 6.03. The van der Waals surface area contributed by atoms with Crippen LogP contribution in [0.5, 0.6) is 11.5 Å². The van der Waals surface area contributed by atoms with E-state index in [9.17, 15) is 9.90 Å². The molecule has 0 heterocycles. The molecule has 2 aromatic rings. The second-order valence-electron chi connectivity index (χ2n) is 8.59. The summed E-state index contributed by atoms with van der Waals surface area (Å²) in [4.78, 5) is 12.6. The quantitative estimate of drug-likeness (QED) is 0.224. The van der Waals surface area contributed by atoms with Crippen LogP contribution >= 0.6 is 0 Å². The lowest BCUT2D eigenvalue weighted by Crippen LogP contribution is -2.22. The first kappa shape index (κ1) is 23.8. The van der Waals surface area contributed by atoms with Crippen LogP contribution in [0.15, 0.2) is 53.6 Å². The van der Waals surface area contributed by atoms with Crippen molar-refractivity contribution in [2.75, 3.05) is 6.61 Å². The van der Waals surface area contributed by atoms with Gasteiger partial charge in [0.15, 0.2) is 0 Å². The number of nitrogens with one attached hydrogen (secondary N) is 1. The standard InChI is InChI=1S/C27H36N2O3/c1-3-5-6-7-11-17-32-21-15-16-22(26(30)18-21)25(12-4-2)28-29-27(31)24-19-23(24)20-13-9-8-10-14-20/h8-10,13-16,18,23-24,30H,3-7,11-12,17,19H2,1-2H3,(H,29,31)/b28-25-/t23-,24-/m0/s1. The number of benzene rings is 2. The zero-order valence-electron chi connectivity index (χ0n) is 19.3. The number of phenols is 1. The molecular formula is C27H36N2O3. The van der Waals surface area contributed by atoms with Gasteiger partial charge in [-0.25, -0.2) is 5.43 Å². The summed E-state index contributed by atoms with van der Waals surface area (Å²) in [5, 5.41) is 14.9. The maximum atomic E-state index is 12.6. The highest BCUT2D eigenvalue weighted by atomic mass is 16.5. The number of hydrogen-bond acceptors (Lipinski definition) is 4. The molecule has 0 spiro atoms. The summed E-state index contributed by atoms with van der Waals surface area (Å²) in [6.07, 6.45) is 8.29. The van der Waals surface area contributed by atoms with Gasteiger partial charge < -0.3 is 9.84 Å². The lowest BCUT2D eigenvalue weighted by Gasteiger charge is -2.11. The number of unbranched alkanes of at least 4 members (excludes halogenated alkanes) is 4. The Kier molecular flexibility index (Phi) is 9.14. The molecule has 1 aliphatic carbocycles. The third kappa shape index (κ3) is 6.84. The fraction of sp³-hybridized carbons (Fsp3) is 0.481. The number of rotatable bonds is 13. The Morgan fingerprint density at radius 3 is 2.56 bits per heavy atom. The molecule has 2 N–H and O–H groups in total. The van der Waals surface area contributed by atoms with Crippen molar-refractivity contribution < 1.29 is 14.6 Å². The topological polar surface area (TPSA) is 70.9 Å². The van der Waals surface area contributed by atoms with E-state index in [0.29, 0.717) is 30.1 Å². The summed E-state index contributed by atoms with van der Waals surface area (Å²) in [6, 6.07) is 15.4. The largest absolute Gasteiger partial charge is 0.507 e. The van der Waals surface area contributed by atoms with Crippen molar-refractivity contribution in [1.82, 2.24) is 5.43 Å². The summed E-state index contributed by atoms with van der Waals surface area (Å²) in [7, 11) is 0. The second kappa shape index (κ2) is 12.3. The van der Waals surface area contributed by atoms with E-state index < -0.39 is 0 Å². The number of hydrazone groups is 1. The van der Waals surface area contributed by atoms with Gasteiger partial charge in [-0.05, 0) is 42.9 Å². The van der Waals surface area contributed by atoms with Gasteiger partial charge in [-0.3, -0.25) is 4.79 Å². The smallest absolute Gasteiger partial charge is 0.243 e. The first-order valence-corrected chi connectivity index (χ1v) is 12.0. The van der Waals surface area contributed by atoms with Gasteiger partial charge >= 0.3 is 0 Å². The molecule has 0 bridgehead atoms. The van der Waals surface area contributed by atoms with Gasteiger partial charge in [0.05, 0.1) is 12.3 Å². The number of hydrogen-bond donors (Lipinski definition) is 2. The minimum atomic E-state index is -0.0602. The molecule has 1 fully saturated rings. The Morgan fingerprint density at radius 2 is 1.84 bits per heavy atom. The number of nitrogens with zero attached hydrogens (tertiary/aromatic N) is 1. The van der Waals surface area contributed by atoms with Crippen LogP contribution in [-0.2, 0) is 4.79 Å². The van der Waals surface area contributed by atoms with E-state index in [1.54, 1.807) is 6.07 Å². The Morgan fingerprint density at radius 1 is 1.06 bits per heavy atom. The van der Waals surface area contributed by atoms with Gasteiger partial charge in [-0.1, -0.05) is 76.3 Å². The van der Waals surface area contributed by atoms with Crippen LogP contribution in [0, 0.1) is 5.92 Å². The molecule has 0 unspecified atom stereocenters. The first-order valence-electron chi connectivity index (χ1n) is 12.0. The molecule has 1 amide bonds. The van der Waals surface area contributed by atoms with Gasteiger partial charge in [0.2, 0.25) is 5.91 Å². The molecule has 2 aromatic carbocycles.